The highest BCUT2D eigenvalue weighted by atomic mass is 16.4. The minimum absolute atomic E-state index is 0.349. The van der Waals surface area contributed by atoms with E-state index in [-0.39, 0.29) is 6.03 Å². The van der Waals surface area contributed by atoms with Crippen molar-refractivity contribution in [1.29, 1.82) is 0 Å². The summed E-state index contributed by atoms with van der Waals surface area (Å²) in [6, 6.07) is -1.23. The van der Waals surface area contributed by atoms with E-state index in [1.54, 1.807) is 13.3 Å². The first kappa shape index (κ1) is 12.3. The number of carbonyl (C=O) groups is 2. The lowest BCUT2D eigenvalue weighted by atomic mass is 10.2. The van der Waals surface area contributed by atoms with Crippen LogP contribution in [0.1, 0.15) is 19.2 Å². The zero-order chi connectivity index (χ0) is 13.1. The fourth-order valence-electron chi connectivity index (χ4n) is 1.82. The van der Waals surface area contributed by atoms with Gasteiger partial charge in [-0.2, -0.15) is 0 Å². The molecule has 1 atom stereocenters. The molecule has 0 saturated heterocycles. The lowest BCUT2D eigenvalue weighted by Gasteiger charge is -2.28. The fourth-order valence-corrected chi connectivity index (χ4v) is 1.82. The zero-order valence-corrected chi connectivity index (χ0v) is 10.0. The van der Waals surface area contributed by atoms with Crippen LogP contribution in [-0.2, 0) is 17.9 Å². The number of carbonyl (C=O) groups excluding carboxylic acids is 1. The number of carboxylic acids is 1. The van der Waals surface area contributed by atoms with Gasteiger partial charge in [-0.05, 0) is 6.42 Å². The number of amides is 2. The molecule has 2 amide bonds. The number of nitrogens with one attached hydrogen (secondary N) is 1. The van der Waals surface area contributed by atoms with Crippen LogP contribution in [0.3, 0.4) is 0 Å². The van der Waals surface area contributed by atoms with Crippen molar-refractivity contribution in [3.05, 3.63) is 12.2 Å². The van der Waals surface area contributed by atoms with Gasteiger partial charge < -0.3 is 19.9 Å². The maximum Gasteiger partial charge on any atom is 0.326 e. The largest absolute Gasteiger partial charge is 0.480 e. The Morgan fingerprint density at radius 2 is 2.33 bits per heavy atom. The molecule has 1 aliphatic heterocycles. The van der Waals surface area contributed by atoms with Crippen molar-refractivity contribution in [2.45, 2.75) is 32.5 Å². The molecule has 1 aliphatic rings. The molecule has 0 aromatic carbocycles. The second-order valence-corrected chi connectivity index (χ2v) is 4.11. The number of urea groups is 1. The van der Waals surface area contributed by atoms with Gasteiger partial charge in [0.1, 0.15) is 12.4 Å². The van der Waals surface area contributed by atoms with Crippen molar-refractivity contribution in [1.82, 2.24) is 25.0 Å². The summed E-state index contributed by atoms with van der Waals surface area (Å²) in [5.41, 5.74) is 0. The maximum absolute atomic E-state index is 11.9. The van der Waals surface area contributed by atoms with Crippen molar-refractivity contribution in [3.63, 3.8) is 0 Å². The predicted molar refractivity (Wildman–Crippen MR) is 60.7 cm³/mol. The Morgan fingerprint density at radius 1 is 1.56 bits per heavy atom. The second-order valence-electron chi connectivity index (χ2n) is 4.11. The summed E-state index contributed by atoms with van der Waals surface area (Å²) in [7, 11) is 0. The van der Waals surface area contributed by atoms with Gasteiger partial charge in [0.25, 0.3) is 0 Å². The standard InChI is InChI=1S/C10H15N5O3/c1-2-7(9(16)17)12-10(18)14-3-4-15-6-11-13-8(15)5-14/h6-7H,2-5H2,1H3,(H,12,18)(H,16,17)/t7-/m1/s1. The molecular formula is C10H15N5O3. The van der Waals surface area contributed by atoms with Gasteiger partial charge in [-0.3, -0.25) is 0 Å². The molecule has 0 fully saturated rings. The van der Waals surface area contributed by atoms with Crippen LogP contribution in [0.5, 0.6) is 0 Å². The van der Waals surface area contributed by atoms with Crippen LogP contribution in [0.25, 0.3) is 0 Å². The summed E-state index contributed by atoms with van der Waals surface area (Å²) in [6.45, 7) is 3.21. The predicted octanol–water partition coefficient (Wildman–Crippen LogP) is -0.334. The Hall–Kier alpha value is -2.12. The van der Waals surface area contributed by atoms with E-state index in [0.717, 1.165) is 0 Å². The number of hydrogen-bond donors (Lipinski definition) is 2. The molecule has 1 aromatic heterocycles. The van der Waals surface area contributed by atoms with E-state index < -0.39 is 12.0 Å². The van der Waals surface area contributed by atoms with Crippen molar-refractivity contribution >= 4 is 12.0 Å². The fraction of sp³-hybridized carbons (Fsp3) is 0.600. The Balaban J connectivity index is 1.97. The first-order valence-electron chi connectivity index (χ1n) is 5.76. The molecule has 0 radical (unpaired) electrons. The lowest BCUT2D eigenvalue weighted by Crippen LogP contribution is -2.49. The average Bonchev–Trinajstić information content (AvgIpc) is 2.82. The number of aliphatic carboxylic acids is 1. The van der Waals surface area contributed by atoms with Gasteiger partial charge in [0.2, 0.25) is 0 Å². The first-order valence-corrected chi connectivity index (χ1v) is 5.76. The molecule has 0 saturated carbocycles. The minimum atomic E-state index is -1.02. The molecular weight excluding hydrogens is 238 g/mol. The van der Waals surface area contributed by atoms with E-state index in [4.69, 9.17) is 5.11 Å². The average molecular weight is 253 g/mol. The SMILES string of the molecule is CC[C@@H](NC(=O)N1CCn2cnnc2C1)C(=O)O. The van der Waals surface area contributed by atoms with Crippen LogP contribution in [0, 0.1) is 0 Å². The van der Waals surface area contributed by atoms with E-state index in [2.05, 4.69) is 15.5 Å². The molecule has 0 unspecified atom stereocenters. The number of hydrogen-bond acceptors (Lipinski definition) is 4. The number of carboxylic acid groups (broad SMARTS) is 1. The number of aromatic nitrogens is 3. The van der Waals surface area contributed by atoms with E-state index >= 15 is 0 Å². The Kier molecular flexibility index (Phi) is 3.45. The number of rotatable bonds is 3. The highest BCUT2D eigenvalue weighted by molar-refractivity contribution is 5.82. The van der Waals surface area contributed by atoms with Gasteiger partial charge >= 0.3 is 12.0 Å². The second kappa shape index (κ2) is 5.03. The van der Waals surface area contributed by atoms with E-state index in [9.17, 15) is 9.59 Å². The molecule has 8 heteroatoms. The summed E-state index contributed by atoms with van der Waals surface area (Å²) in [4.78, 5) is 24.3. The summed E-state index contributed by atoms with van der Waals surface area (Å²) in [6.07, 6.45) is 1.97. The summed E-state index contributed by atoms with van der Waals surface area (Å²) >= 11 is 0. The molecule has 2 rings (SSSR count). The van der Waals surface area contributed by atoms with Crippen LogP contribution in [0.4, 0.5) is 4.79 Å². The Labute approximate surface area is 104 Å². The van der Waals surface area contributed by atoms with Crippen LogP contribution < -0.4 is 5.32 Å². The summed E-state index contributed by atoms with van der Waals surface area (Å²) < 4.78 is 1.87. The third-order valence-electron chi connectivity index (χ3n) is 2.93. The molecule has 18 heavy (non-hydrogen) atoms. The lowest BCUT2D eigenvalue weighted by molar-refractivity contribution is -0.139. The van der Waals surface area contributed by atoms with Crippen LogP contribution in [0.15, 0.2) is 6.33 Å². The van der Waals surface area contributed by atoms with Crippen molar-refractivity contribution in [2.24, 2.45) is 0 Å². The Bertz CT molecular complexity index is 458. The van der Waals surface area contributed by atoms with Crippen molar-refractivity contribution < 1.29 is 14.7 Å². The third kappa shape index (κ3) is 2.41. The van der Waals surface area contributed by atoms with Gasteiger partial charge in [-0.1, -0.05) is 6.92 Å². The van der Waals surface area contributed by atoms with Crippen molar-refractivity contribution in [3.8, 4) is 0 Å². The third-order valence-corrected chi connectivity index (χ3v) is 2.93. The zero-order valence-electron chi connectivity index (χ0n) is 10.0. The van der Waals surface area contributed by atoms with Crippen LogP contribution in [0.2, 0.25) is 0 Å². The van der Waals surface area contributed by atoms with Gasteiger partial charge in [-0.25, -0.2) is 9.59 Å². The monoisotopic (exact) mass is 253 g/mol. The highest BCUT2D eigenvalue weighted by Gasteiger charge is 2.25. The normalized spacial score (nSPS) is 15.9. The molecule has 0 bridgehead atoms. The van der Waals surface area contributed by atoms with Crippen molar-refractivity contribution in [2.75, 3.05) is 6.54 Å². The maximum atomic E-state index is 11.9. The smallest absolute Gasteiger partial charge is 0.326 e. The van der Waals surface area contributed by atoms with Gasteiger partial charge in [0, 0.05) is 13.1 Å². The van der Waals surface area contributed by atoms with Crippen LogP contribution >= 0.6 is 0 Å². The topological polar surface area (TPSA) is 100 Å². The molecule has 2 heterocycles. The summed E-state index contributed by atoms with van der Waals surface area (Å²) in [5, 5.41) is 19.0. The van der Waals surface area contributed by atoms with E-state index in [0.29, 0.717) is 31.9 Å². The molecule has 0 aliphatic carbocycles. The number of nitrogens with zero attached hydrogens (tertiary/aromatic N) is 4. The highest BCUT2D eigenvalue weighted by Crippen LogP contribution is 2.09. The van der Waals surface area contributed by atoms with E-state index in [1.807, 2.05) is 4.57 Å². The quantitative estimate of drug-likeness (QED) is 0.768. The molecule has 98 valence electrons. The van der Waals surface area contributed by atoms with Gasteiger partial charge in [-0.15, -0.1) is 10.2 Å². The molecule has 1 aromatic rings. The van der Waals surface area contributed by atoms with Gasteiger partial charge in [0.05, 0.1) is 6.54 Å². The first-order chi connectivity index (χ1) is 8.61. The van der Waals surface area contributed by atoms with Crippen LogP contribution in [-0.4, -0.2) is 49.4 Å². The van der Waals surface area contributed by atoms with E-state index in [1.165, 1.54) is 4.90 Å². The summed E-state index contributed by atoms with van der Waals surface area (Å²) in [5.74, 6) is -0.314. The molecule has 8 nitrogen and oxygen atoms in total. The minimum Gasteiger partial charge on any atom is -0.480 e. The number of fused-ring (bicyclic) bond motifs is 1. The Morgan fingerprint density at radius 3 is 3.00 bits per heavy atom. The molecule has 2 N–H and O–H groups in total. The molecule has 0 spiro atoms. The van der Waals surface area contributed by atoms with Gasteiger partial charge in [0.15, 0.2) is 5.82 Å².